The topological polar surface area (TPSA) is 43.4 Å². The molecule has 0 aliphatic rings. The molecule has 0 fully saturated rings. The Morgan fingerprint density at radius 1 is 1.47 bits per heavy atom. The molecule has 0 aliphatic carbocycles. The Labute approximate surface area is 104 Å². The number of hydrogen-bond acceptors (Lipinski definition) is 3. The molecular formula is C10H8Br2O3. The minimum atomic E-state index is -0.378. The molecule has 0 bridgehead atoms. The van der Waals surface area contributed by atoms with Crippen molar-refractivity contribution in [2.45, 2.75) is 6.42 Å². The van der Waals surface area contributed by atoms with Crippen molar-refractivity contribution in [3.63, 3.8) is 0 Å². The number of benzene rings is 1. The Hall–Kier alpha value is -0.680. The van der Waals surface area contributed by atoms with Crippen LogP contribution < -0.4 is 0 Å². The van der Waals surface area contributed by atoms with Crippen molar-refractivity contribution in [1.82, 2.24) is 0 Å². The Bertz CT molecular complexity index is 402. The summed E-state index contributed by atoms with van der Waals surface area (Å²) < 4.78 is 6.06. The molecule has 0 unspecified atom stereocenters. The van der Waals surface area contributed by atoms with Gasteiger partial charge in [-0.3, -0.25) is 9.59 Å². The van der Waals surface area contributed by atoms with E-state index in [1.54, 1.807) is 12.1 Å². The van der Waals surface area contributed by atoms with Crippen molar-refractivity contribution in [2.75, 3.05) is 7.11 Å². The first-order valence-corrected chi connectivity index (χ1v) is 5.67. The zero-order valence-corrected chi connectivity index (χ0v) is 11.1. The predicted octanol–water partition coefficient (Wildman–Crippen LogP) is 2.74. The van der Waals surface area contributed by atoms with Gasteiger partial charge in [-0.1, -0.05) is 6.07 Å². The summed E-state index contributed by atoms with van der Waals surface area (Å²) in [7, 11) is 1.31. The molecule has 0 atom stereocenters. The number of carbonyl (C=O) groups excluding carboxylic acids is 2. The fourth-order valence-corrected chi connectivity index (χ4v) is 1.99. The summed E-state index contributed by atoms with van der Waals surface area (Å²) in [5, 5.41) is 0. The van der Waals surface area contributed by atoms with Crippen LogP contribution in [0.5, 0.6) is 0 Å². The van der Waals surface area contributed by atoms with Crippen LogP contribution in [0.1, 0.15) is 15.9 Å². The minimum absolute atomic E-state index is 0.0740. The second-order valence-corrected chi connectivity index (χ2v) is 4.45. The molecule has 0 aliphatic heterocycles. The molecule has 0 saturated heterocycles. The van der Waals surface area contributed by atoms with Gasteiger partial charge in [0.15, 0.2) is 0 Å². The number of halogens is 2. The average Bonchev–Trinajstić information content (AvgIpc) is 2.25. The zero-order valence-electron chi connectivity index (χ0n) is 7.92. The van der Waals surface area contributed by atoms with E-state index in [9.17, 15) is 9.59 Å². The van der Waals surface area contributed by atoms with Gasteiger partial charge in [-0.2, -0.15) is 0 Å². The molecule has 0 aromatic heterocycles. The van der Waals surface area contributed by atoms with E-state index >= 15 is 0 Å². The van der Waals surface area contributed by atoms with Crippen molar-refractivity contribution in [1.29, 1.82) is 0 Å². The third-order valence-electron chi connectivity index (χ3n) is 1.91. The summed E-state index contributed by atoms with van der Waals surface area (Å²) in [5.41, 5.74) is 1.11. The Kier molecular flexibility index (Phi) is 4.47. The Morgan fingerprint density at radius 3 is 2.67 bits per heavy atom. The summed E-state index contributed by atoms with van der Waals surface area (Å²) in [5.74, 6) is -0.378. The lowest BCUT2D eigenvalue weighted by Gasteiger charge is -2.07. The highest BCUT2D eigenvalue weighted by molar-refractivity contribution is 9.13. The normalized spacial score (nSPS) is 9.80. The molecule has 0 heterocycles. The fourth-order valence-electron chi connectivity index (χ4n) is 1.11. The van der Waals surface area contributed by atoms with Gasteiger partial charge in [-0.15, -0.1) is 0 Å². The van der Waals surface area contributed by atoms with Gasteiger partial charge in [-0.25, -0.2) is 0 Å². The third-order valence-corrected chi connectivity index (χ3v) is 4.01. The van der Waals surface area contributed by atoms with Crippen LogP contribution in [-0.4, -0.2) is 19.4 Å². The predicted molar refractivity (Wildman–Crippen MR) is 62.9 cm³/mol. The molecule has 15 heavy (non-hydrogen) atoms. The molecule has 0 N–H and O–H groups in total. The number of methoxy groups -OCH3 is 1. The van der Waals surface area contributed by atoms with Crippen LogP contribution in [0.2, 0.25) is 0 Å². The lowest BCUT2D eigenvalue weighted by atomic mass is 10.1. The van der Waals surface area contributed by atoms with Crippen LogP contribution in [0.4, 0.5) is 0 Å². The smallest absolute Gasteiger partial charge is 0.310 e. The van der Waals surface area contributed by atoms with Crippen molar-refractivity contribution >= 4 is 44.1 Å². The zero-order chi connectivity index (χ0) is 11.4. The summed E-state index contributed by atoms with van der Waals surface area (Å²) >= 11 is 6.62. The number of esters is 1. The number of ether oxygens (including phenoxy) is 1. The molecule has 5 heteroatoms. The monoisotopic (exact) mass is 334 g/mol. The molecule has 1 rings (SSSR count). The molecule has 1 aromatic carbocycles. The second kappa shape index (κ2) is 5.42. The maximum absolute atomic E-state index is 11.1. The summed E-state index contributed by atoms with van der Waals surface area (Å²) in [6, 6.07) is 3.40. The first-order chi connectivity index (χ1) is 7.10. The van der Waals surface area contributed by atoms with Gasteiger partial charge in [0, 0.05) is 14.5 Å². The van der Waals surface area contributed by atoms with Gasteiger partial charge in [0.25, 0.3) is 0 Å². The number of carbonyl (C=O) groups is 2. The van der Waals surface area contributed by atoms with Gasteiger partial charge in [0.05, 0.1) is 13.5 Å². The second-order valence-electron chi connectivity index (χ2n) is 2.80. The summed E-state index contributed by atoms with van der Waals surface area (Å²) in [4.78, 5) is 21.9. The van der Waals surface area contributed by atoms with E-state index in [0.717, 1.165) is 10.8 Å². The van der Waals surface area contributed by atoms with Crippen molar-refractivity contribution < 1.29 is 14.3 Å². The Balaban J connectivity index is 3.17. The van der Waals surface area contributed by atoms with E-state index in [4.69, 9.17) is 0 Å². The molecular weight excluding hydrogens is 328 g/mol. The van der Waals surface area contributed by atoms with Crippen LogP contribution in [0, 0.1) is 0 Å². The van der Waals surface area contributed by atoms with E-state index in [0.29, 0.717) is 15.6 Å². The molecule has 0 saturated carbocycles. The highest BCUT2D eigenvalue weighted by atomic mass is 79.9. The van der Waals surface area contributed by atoms with Gasteiger partial charge in [0.2, 0.25) is 0 Å². The van der Waals surface area contributed by atoms with E-state index in [-0.39, 0.29) is 12.4 Å². The molecule has 3 nitrogen and oxygen atoms in total. The van der Waals surface area contributed by atoms with E-state index in [1.165, 1.54) is 7.11 Å². The van der Waals surface area contributed by atoms with Gasteiger partial charge in [-0.05, 0) is 43.5 Å². The first-order valence-electron chi connectivity index (χ1n) is 4.09. The quantitative estimate of drug-likeness (QED) is 0.630. The van der Waals surface area contributed by atoms with Crippen LogP contribution in [0.3, 0.4) is 0 Å². The molecule has 0 radical (unpaired) electrons. The van der Waals surface area contributed by atoms with E-state index < -0.39 is 0 Å². The number of rotatable bonds is 3. The Morgan fingerprint density at radius 2 is 2.13 bits per heavy atom. The lowest BCUT2D eigenvalue weighted by Crippen LogP contribution is -2.07. The summed E-state index contributed by atoms with van der Waals surface area (Å²) in [6.07, 6.45) is 0.792. The molecule has 0 spiro atoms. The lowest BCUT2D eigenvalue weighted by molar-refractivity contribution is -0.139. The van der Waals surface area contributed by atoms with Crippen LogP contribution in [0.25, 0.3) is 0 Å². The minimum Gasteiger partial charge on any atom is -0.469 e. The molecule has 0 amide bonds. The number of aldehydes is 1. The highest BCUT2D eigenvalue weighted by Gasteiger charge is 2.13. The van der Waals surface area contributed by atoms with E-state index in [1.807, 2.05) is 0 Å². The van der Waals surface area contributed by atoms with Gasteiger partial charge in [0.1, 0.15) is 6.29 Å². The SMILES string of the molecule is COC(=O)Cc1c(C=O)ccc(Br)c1Br. The highest BCUT2D eigenvalue weighted by Crippen LogP contribution is 2.29. The standard InChI is InChI=1S/C10H8Br2O3/c1-15-9(14)4-7-6(5-13)2-3-8(11)10(7)12/h2-3,5H,4H2,1H3. The number of hydrogen-bond donors (Lipinski definition) is 0. The maximum Gasteiger partial charge on any atom is 0.310 e. The largest absolute Gasteiger partial charge is 0.469 e. The van der Waals surface area contributed by atoms with Crippen LogP contribution in [-0.2, 0) is 16.0 Å². The molecule has 80 valence electrons. The van der Waals surface area contributed by atoms with Crippen LogP contribution >= 0.6 is 31.9 Å². The van der Waals surface area contributed by atoms with E-state index in [2.05, 4.69) is 36.6 Å². The van der Waals surface area contributed by atoms with Gasteiger partial charge < -0.3 is 4.74 Å². The van der Waals surface area contributed by atoms with Crippen LogP contribution in [0.15, 0.2) is 21.1 Å². The fraction of sp³-hybridized carbons (Fsp3) is 0.200. The van der Waals surface area contributed by atoms with Crippen molar-refractivity contribution in [3.05, 3.63) is 32.2 Å². The first kappa shape index (κ1) is 12.4. The third kappa shape index (κ3) is 2.89. The molecule has 1 aromatic rings. The van der Waals surface area contributed by atoms with Gasteiger partial charge >= 0.3 is 5.97 Å². The maximum atomic E-state index is 11.1. The van der Waals surface area contributed by atoms with Crippen molar-refractivity contribution in [2.24, 2.45) is 0 Å². The average molecular weight is 336 g/mol. The summed E-state index contributed by atoms with van der Waals surface area (Å²) in [6.45, 7) is 0. The van der Waals surface area contributed by atoms with Crippen molar-refractivity contribution in [3.8, 4) is 0 Å².